The molecule has 0 aliphatic heterocycles. The number of nitrogen functional groups attached to an aromatic ring is 1. The van der Waals surface area contributed by atoms with Crippen LogP contribution in [0.4, 0.5) is 11.6 Å². The van der Waals surface area contributed by atoms with Crippen LogP contribution in [0.2, 0.25) is 0 Å². The molecule has 0 spiro atoms. The molecule has 0 saturated heterocycles. The van der Waals surface area contributed by atoms with Gasteiger partial charge in [0.15, 0.2) is 17.3 Å². The number of aromatic nitrogens is 4. The second kappa shape index (κ2) is 8.02. The van der Waals surface area contributed by atoms with Crippen LogP contribution in [0.25, 0.3) is 28.2 Å². The molecule has 4 N–H and O–H groups in total. The van der Waals surface area contributed by atoms with E-state index in [1.165, 1.54) is 30.2 Å². The van der Waals surface area contributed by atoms with Crippen molar-refractivity contribution in [2.24, 2.45) is 10.7 Å². The minimum atomic E-state index is 0.434. The molecular weight excluding hydrogens is 386 g/mol. The number of nitrogens with zero attached hydrogens (tertiary/aromatic N) is 5. The van der Waals surface area contributed by atoms with Crippen molar-refractivity contribution in [1.29, 1.82) is 0 Å². The number of fused-ring (bicyclic) bond motifs is 2. The van der Waals surface area contributed by atoms with Crippen LogP contribution in [0.3, 0.4) is 0 Å². The molecule has 0 unspecified atom stereocenters. The van der Waals surface area contributed by atoms with Crippen LogP contribution in [0.5, 0.6) is 0 Å². The maximum absolute atomic E-state index is 6.22. The van der Waals surface area contributed by atoms with E-state index in [1.807, 2.05) is 24.3 Å². The summed E-state index contributed by atoms with van der Waals surface area (Å²) in [5.74, 6) is 1.73. The molecule has 0 bridgehead atoms. The number of anilines is 1. The van der Waals surface area contributed by atoms with Gasteiger partial charge in [0, 0.05) is 18.1 Å². The summed E-state index contributed by atoms with van der Waals surface area (Å²) in [6.45, 7) is 0. The number of nitrogens with two attached hydrogens (primary N) is 2. The van der Waals surface area contributed by atoms with Gasteiger partial charge in [-0.05, 0) is 85.5 Å². The van der Waals surface area contributed by atoms with E-state index in [-0.39, 0.29) is 0 Å². The molecule has 0 atom stereocenters. The zero-order chi connectivity index (χ0) is 21.2. The van der Waals surface area contributed by atoms with Crippen LogP contribution < -0.4 is 11.5 Å². The molecule has 5 rings (SSSR count). The lowest BCUT2D eigenvalue weighted by Crippen LogP contribution is -2.06. The molecule has 7 nitrogen and oxygen atoms in total. The van der Waals surface area contributed by atoms with Gasteiger partial charge in [-0.15, -0.1) is 0 Å². The maximum atomic E-state index is 6.22. The highest BCUT2D eigenvalue weighted by atomic mass is 15.1. The Hall–Kier alpha value is -4.00. The fourth-order valence-corrected chi connectivity index (χ4v) is 4.08. The van der Waals surface area contributed by atoms with E-state index < -0.39 is 0 Å². The standard InChI is InChI=1S/C24H23N7/c25-12-4-14-27-21-11-10-20-24(30-21)31(23(29-20)19-7-3-13-28-22(19)26)18-9-8-16-5-1-2-6-17(16)15-18/h3-4,7-15H,1-2,5-6,25H2,(H2,26,28)/b12-4-,27-14?. The average molecular weight is 409 g/mol. The second-order valence-electron chi connectivity index (χ2n) is 7.54. The summed E-state index contributed by atoms with van der Waals surface area (Å²) >= 11 is 0. The van der Waals surface area contributed by atoms with Gasteiger partial charge < -0.3 is 11.5 Å². The molecule has 0 saturated carbocycles. The van der Waals surface area contributed by atoms with Gasteiger partial charge in [0.1, 0.15) is 11.3 Å². The van der Waals surface area contributed by atoms with E-state index >= 15 is 0 Å². The summed E-state index contributed by atoms with van der Waals surface area (Å²) in [6.07, 6.45) is 11.1. The third-order valence-corrected chi connectivity index (χ3v) is 5.56. The van der Waals surface area contributed by atoms with Crippen molar-refractivity contribution < 1.29 is 0 Å². The summed E-state index contributed by atoms with van der Waals surface area (Å²) in [6, 6.07) is 14.2. The number of benzene rings is 1. The first-order chi connectivity index (χ1) is 15.2. The zero-order valence-electron chi connectivity index (χ0n) is 17.1. The number of allylic oxidation sites excluding steroid dienone is 1. The predicted molar refractivity (Wildman–Crippen MR) is 125 cm³/mol. The molecule has 154 valence electrons. The number of hydrogen-bond donors (Lipinski definition) is 2. The molecule has 31 heavy (non-hydrogen) atoms. The monoisotopic (exact) mass is 409 g/mol. The van der Waals surface area contributed by atoms with Gasteiger partial charge >= 0.3 is 0 Å². The number of pyridine rings is 2. The smallest absolute Gasteiger partial charge is 0.167 e. The van der Waals surface area contributed by atoms with Gasteiger partial charge in [0.05, 0.1) is 5.56 Å². The van der Waals surface area contributed by atoms with Crippen LogP contribution in [0.1, 0.15) is 24.0 Å². The van der Waals surface area contributed by atoms with E-state index in [4.69, 9.17) is 21.4 Å². The van der Waals surface area contributed by atoms with Crippen molar-refractivity contribution in [3.8, 4) is 17.1 Å². The highest BCUT2D eigenvalue weighted by molar-refractivity contribution is 5.84. The Morgan fingerprint density at radius 2 is 1.87 bits per heavy atom. The van der Waals surface area contributed by atoms with Gasteiger partial charge in [0.2, 0.25) is 0 Å². The number of aryl methyl sites for hydroxylation is 2. The quantitative estimate of drug-likeness (QED) is 0.493. The van der Waals surface area contributed by atoms with Gasteiger partial charge in [-0.1, -0.05) is 6.07 Å². The molecular formula is C24H23N7. The Labute approximate surface area is 180 Å². The van der Waals surface area contributed by atoms with Crippen LogP contribution in [0, 0.1) is 0 Å². The van der Waals surface area contributed by atoms with E-state index in [2.05, 4.69) is 32.7 Å². The van der Waals surface area contributed by atoms with Gasteiger partial charge in [-0.25, -0.2) is 19.9 Å². The molecule has 0 radical (unpaired) electrons. The minimum Gasteiger partial charge on any atom is -0.405 e. The maximum Gasteiger partial charge on any atom is 0.167 e. The van der Waals surface area contributed by atoms with Crippen molar-refractivity contribution in [3.05, 3.63) is 72.1 Å². The normalized spacial score (nSPS) is 13.9. The van der Waals surface area contributed by atoms with Gasteiger partial charge in [-0.3, -0.25) is 4.57 Å². The lowest BCUT2D eigenvalue weighted by molar-refractivity contribution is 0.685. The lowest BCUT2D eigenvalue weighted by atomic mass is 9.91. The van der Waals surface area contributed by atoms with E-state index in [0.717, 1.165) is 35.3 Å². The molecule has 1 aliphatic carbocycles. The Morgan fingerprint density at radius 3 is 2.71 bits per heavy atom. The Bertz CT molecular complexity index is 1320. The van der Waals surface area contributed by atoms with Gasteiger partial charge in [-0.2, -0.15) is 0 Å². The summed E-state index contributed by atoms with van der Waals surface area (Å²) in [4.78, 5) is 18.3. The SMILES string of the molecule is N/C=C\C=Nc1ccc2nc(-c3cccnc3N)n(-c3ccc4c(c3)CCCC4)c2n1. The summed E-state index contributed by atoms with van der Waals surface area (Å²) < 4.78 is 2.05. The molecule has 0 amide bonds. The minimum absolute atomic E-state index is 0.434. The Balaban J connectivity index is 1.75. The molecule has 0 fully saturated rings. The van der Waals surface area contributed by atoms with Crippen LogP contribution >= 0.6 is 0 Å². The number of hydrogen-bond acceptors (Lipinski definition) is 6. The van der Waals surface area contributed by atoms with Gasteiger partial charge in [0.25, 0.3) is 0 Å². The van der Waals surface area contributed by atoms with Crippen molar-refractivity contribution in [3.63, 3.8) is 0 Å². The first-order valence-corrected chi connectivity index (χ1v) is 10.4. The van der Waals surface area contributed by atoms with Crippen LogP contribution in [-0.2, 0) is 12.8 Å². The number of aliphatic imine (C=N–C) groups is 1. The van der Waals surface area contributed by atoms with Crippen LogP contribution in [-0.4, -0.2) is 25.7 Å². The fraction of sp³-hybridized carbons (Fsp3) is 0.167. The summed E-state index contributed by atoms with van der Waals surface area (Å²) in [5, 5.41) is 0. The third-order valence-electron chi connectivity index (χ3n) is 5.56. The van der Waals surface area contributed by atoms with E-state index in [9.17, 15) is 0 Å². The summed E-state index contributed by atoms with van der Waals surface area (Å²) in [5.41, 5.74) is 17.7. The van der Waals surface area contributed by atoms with Crippen molar-refractivity contribution in [2.45, 2.75) is 25.7 Å². The Kier molecular flexibility index (Phi) is 4.92. The lowest BCUT2D eigenvalue weighted by Gasteiger charge is -2.18. The van der Waals surface area contributed by atoms with Crippen LogP contribution in [0.15, 0.2) is 65.9 Å². The molecule has 1 aromatic carbocycles. The molecule has 3 heterocycles. The molecule has 7 heteroatoms. The highest BCUT2D eigenvalue weighted by Gasteiger charge is 2.19. The summed E-state index contributed by atoms with van der Waals surface area (Å²) in [7, 11) is 0. The molecule has 1 aliphatic rings. The topological polar surface area (TPSA) is 108 Å². The highest BCUT2D eigenvalue weighted by Crippen LogP contribution is 2.32. The van der Waals surface area contributed by atoms with E-state index in [1.54, 1.807) is 18.5 Å². The largest absolute Gasteiger partial charge is 0.405 e. The average Bonchev–Trinajstić information content (AvgIpc) is 3.18. The number of rotatable bonds is 4. The first kappa shape index (κ1) is 19.0. The number of imidazole rings is 1. The molecule has 3 aromatic heterocycles. The molecule has 4 aromatic rings. The van der Waals surface area contributed by atoms with Crippen molar-refractivity contribution in [1.82, 2.24) is 19.5 Å². The predicted octanol–water partition coefficient (Wildman–Crippen LogP) is 4.12. The fourth-order valence-electron chi connectivity index (χ4n) is 4.08. The van der Waals surface area contributed by atoms with E-state index in [0.29, 0.717) is 17.5 Å². The first-order valence-electron chi connectivity index (χ1n) is 10.4. The van der Waals surface area contributed by atoms with Crippen molar-refractivity contribution in [2.75, 3.05) is 5.73 Å². The second-order valence-corrected chi connectivity index (χ2v) is 7.54. The Morgan fingerprint density at radius 1 is 1.00 bits per heavy atom. The van der Waals surface area contributed by atoms with Crippen molar-refractivity contribution >= 4 is 29.0 Å². The third kappa shape index (κ3) is 3.54. The zero-order valence-corrected chi connectivity index (χ0v) is 17.1.